The zero-order chi connectivity index (χ0) is 17.1. The molecule has 1 saturated carbocycles. The lowest BCUT2D eigenvalue weighted by Crippen LogP contribution is -2.04. The molecule has 1 aliphatic carbocycles. The number of allylic oxidation sites excluding steroid dienone is 3. The number of fused-ring (bicyclic) bond motifs is 1. The first kappa shape index (κ1) is 15.9. The number of aryl methyl sites for hydroxylation is 1. The van der Waals surface area contributed by atoms with Gasteiger partial charge in [-0.3, -0.25) is 0 Å². The molecule has 0 unspecified atom stereocenters. The number of hydrogen-bond acceptors (Lipinski definition) is 7. The van der Waals surface area contributed by atoms with E-state index in [9.17, 15) is 5.26 Å². The van der Waals surface area contributed by atoms with E-state index >= 15 is 0 Å². The quantitative estimate of drug-likeness (QED) is 0.646. The number of nitrogens with zero attached hydrogens (tertiary/aromatic N) is 5. The van der Waals surface area contributed by atoms with Gasteiger partial charge in [0.15, 0.2) is 5.52 Å². The third-order valence-corrected chi connectivity index (χ3v) is 4.02. The molecule has 122 valence electrons. The second kappa shape index (κ2) is 6.62. The van der Waals surface area contributed by atoms with E-state index in [2.05, 4.69) is 32.9 Å². The van der Waals surface area contributed by atoms with Gasteiger partial charge in [-0.05, 0) is 42.1 Å². The Morgan fingerprint density at radius 2 is 2.29 bits per heavy atom. The highest BCUT2D eigenvalue weighted by molar-refractivity contribution is 5.99. The minimum Gasteiger partial charge on any atom is -0.396 e. The van der Waals surface area contributed by atoms with Gasteiger partial charge in [-0.1, -0.05) is 12.7 Å². The number of nitriles is 1. The third kappa shape index (κ3) is 3.33. The molecule has 1 aliphatic rings. The zero-order valence-electron chi connectivity index (χ0n) is 13.5. The highest BCUT2D eigenvalue weighted by atomic mass is 16.6. The van der Waals surface area contributed by atoms with Crippen LogP contribution in [0.3, 0.4) is 0 Å². The maximum absolute atomic E-state index is 9.31. The van der Waals surface area contributed by atoms with Crippen LogP contribution < -0.4 is 5.73 Å². The van der Waals surface area contributed by atoms with Gasteiger partial charge in [0.2, 0.25) is 5.65 Å². The molecule has 2 aromatic rings. The van der Waals surface area contributed by atoms with Gasteiger partial charge in [0, 0.05) is 29.8 Å². The van der Waals surface area contributed by atoms with Crippen molar-refractivity contribution in [3.63, 3.8) is 0 Å². The van der Waals surface area contributed by atoms with Crippen molar-refractivity contribution in [3.05, 3.63) is 35.7 Å². The molecule has 0 amide bonds. The molecule has 2 N–H and O–H groups in total. The molecule has 0 aliphatic heterocycles. The van der Waals surface area contributed by atoms with E-state index in [1.54, 1.807) is 12.2 Å². The summed E-state index contributed by atoms with van der Waals surface area (Å²) >= 11 is 0. The van der Waals surface area contributed by atoms with Crippen molar-refractivity contribution in [2.24, 2.45) is 10.9 Å². The number of aliphatic imine (C=N–C) groups is 1. The van der Waals surface area contributed by atoms with E-state index in [1.807, 2.05) is 6.92 Å². The Labute approximate surface area is 139 Å². The van der Waals surface area contributed by atoms with Crippen LogP contribution in [0.5, 0.6) is 0 Å². The average Bonchev–Trinajstić information content (AvgIpc) is 3.25. The molecule has 0 atom stereocenters. The third-order valence-electron chi connectivity index (χ3n) is 4.02. The summed E-state index contributed by atoms with van der Waals surface area (Å²) in [5.41, 5.74) is 10.3. The largest absolute Gasteiger partial charge is 0.396 e. The summed E-state index contributed by atoms with van der Waals surface area (Å²) in [5.74, 6) is 0.597. The number of aromatic nitrogens is 3. The van der Waals surface area contributed by atoms with Gasteiger partial charge in [0.05, 0.1) is 5.69 Å². The Morgan fingerprint density at radius 1 is 1.50 bits per heavy atom. The molecule has 7 nitrogen and oxygen atoms in total. The normalized spacial score (nSPS) is 15.5. The maximum Gasteiger partial charge on any atom is 0.226 e. The van der Waals surface area contributed by atoms with Crippen molar-refractivity contribution >= 4 is 22.6 Å². The summed E-state index contributed by atoms with van der Waals surface area (Å²) in [7, 11) is 0. The summed E-state index contributed by atoms with van der Waals surface area (Å²) in [6.45, 7) is 5.57. The fourth-order valence-electron chi connectivity index (χ4n) is 2.55. The summed E-state index contributed by atoms with van der Waals surface area (Å²) in [6, 6.07) is 2.19. The first-order chi connectivity index (χ1) is 11.6. The van der Waals surface area contributed by atoms with E-state index in [0.717, 1.165) is 23.4 Å². The zero-order valence-corrected chi connectivity index (χ0v) is 13.5. The van der Waals surface area contributed by atoms with E-state index in [-0.39, 0.29) is 0 Å². The molecule has 0 radical (unpaired) electrons. The summed E-state index contributed by atoms with van der Waals surface area (Å²) in [4.78, 5) is 8.87. The smallest absolute Gasteiger partial charge is 0.226 e. The van der Waals surface area contributed by atoms with E-state index < -0.39 is 0 Å². The van der Waals surface area contributed by atoms with Crippen molar-refractivity contribution in [1.29, 1.82) is 5.26 Å². The van der Waals surface area contributed by atoms with Crippen LogP contribution in [0.1, 0.15) is 30.5 Å². The van der Waals surface area contributed by atoms with Crippen LogP contribution in [0.25, 0.3) is 11.2 Å². The number of hydrogen-bond donors (Lipinski definition) is 1. The highest BCUT2D eigenvalue weighted by Gasteiger charge is 2.23. The molecule has 7 heteroatoms. The molecule has 0 bridgehead atoms. The van der Waals surface area contributed by atoms with Crippen molar-refractivity contribution in [1.82, 2.24) is 15.3 Å². The van der Waals surface area contributed by atoms with Gasteiger partial charge < -0.3 is 5.73 Å². The molecule has 24 heavy (non-hydrogen) atoms. The van der Waals surface area contributed by atoms with Gasteiger partial charge in [-0.15, -0.1) is 0 Å². The van der Waals surface area contributed by atoms with Crippen LogP contribution >= 0.6 is 0 Å². The summed E-state index contributed by atoms with van der Waals surface area (Å²) in [5, 5.41) is 16.8. The second-order valence-corrected chi connectivity index (χ2v) is 5.91. The first-order valence-electron chi connectivity index (χ1n) is 7.78. The van der Waals surface area contributed by atoms with Gasteiger partial charge in [0.25, 0.3) is 0 Å². The Morgan fingerprint density at radius 3 is 2.96 bits per heavy atom. The van der Waals surface area contributed by atoms with Crippen LogP contribution in [-0.2, 0) is 6.42 Å². The summed E-state index contributed by atoms with van der Waals surface area (Å²) in [6.07, 6.45) is 6.95. The topological polar surface area (TPSA) is 114 Å². The van der Waals surface area contributed by atoms with E-state index in [0.29, 0.717) is 34.9 Å². The van der Waals surface area contributed by atoms with Crippen LogP contribution in [0.15, 0.2) is 34.0 Å². The maximum atomic E-state index is 9.31. The molecule has 3 rings (SSSR count). The minimum atomic E-state index is 0.387. The Balaban J connectivity index is 1.94. The number of rotatable bonds is 6. The van der Waals surface area contributed by atoms with Crippen LogP contribution in [0.4, 0.5) is 5.69 Å². The van der Waals surface area contributed by atoms with Crippen LogP contribution in [0.2, 0.25) is 0 Å². The molecule has 0 spiro atoms. The first-order valence-corrected chi connectivity index (χ1v) is 7.78. The van der Waals surface area contributed by atoms with Crippen molar-refractivity contribution in [3.8, 4) is 6.07 Å². The van der Waals surface area contributed by atoms with Gasteiger partial charge in [-0.25, -0.2) is 14.6 Å². The van der Waals surface area contributed by atoms with Gasteiger partial charge >= 0.3 is 0 Å². The van der Waals surface area contributed by atoms with Gasteiger partial charge in [0.1, 0.15) is 11.8 Å². The lowest BCUT2D eigenvalue weighted by molar-refractivity contribution is 0.315. The monoisotopic (exact) mass is 322 g/mol. The predicted molar refractivity (Wildman–Crippen MR) is 91.1 cm³/mol. The molecular formula is C17H18N6O. The molecule has 1 fully saturated rings. The van der Waals surface area contributed by atoms with Crippen molar-refractivity contribution in [2.75, 3.05) is 5.73 Å². The van der Waals surface area contributed by atoms with E-state index in [1.165, 1.54) is 12.8 Å². The fourth-order valence-corrected chi connectivity index (χ4v) is 2.55. The predicted octanol–water partition coefficient (Wildman–Crippen LogP) is 2.89. The second-order valence-electron chi connectivity index (χ2n) is 5.91. The molecule has 2 aromatic heterocycles. The fraction of sp³-hybridized carbons (Fsp3) is 0.353. The highest BCUT2D eigenvalue weighted by Crippen LogP contribution is 2.33. The van der Waals surface area contributed by atoms with Crippen LogP contribution in [0, 0.1) is 24.2 Å². The summed E-state index contributed by atoms with van der Waals surface area (Å²) < 4.78 is 4.70. The molecule has 0 saturated heterocycles. The lowest BCUT2D eigenvalue weighted by Gasteiger charge is -2.09. The molecule has 0 aromatic carbocycles. The number of nitrogens with two attached hydrogens (primary N) is 1. The Bertz CT molecular complexity index is 882. The van der Waals surface area contributed by atoms with Crippen molar-refractivity contribution in [2.45, 2.75) is 32.6 Å². The minimum absolute atomic E-state index is 0.387. The van der Waals surface area contributed by atoms with Crippen LogP contribution in [-0.4, -0.2) is 21.0 Å². The average molecular weight is 322 g/mol. The lowest BCUT2D eigenvalue weighted by atomic mass is 10.0. The number of pyridine rings is 1. The molecular weight excluding hydrogens is 304 g/mol. The van der Waals surface area contributed by atoms with Gasteiger partial charge in [-0.2, -0.15) is 5.26 Å². The SMILES string of the molecule is C=C/C=C(/Cc1c(C)nc2nonc2c1N)N=C(C#N)CC1CC1. The Kier molecular flexibility index (Phi) is 4.38. The number of anilines is 1. The molecule has 2 heterocycles. The Hall–Kier alpha value is -3.01. The van der Waals surface area contributed by atoms with E-state index in [4.69, 9.17) is 10.4 Å². The van der Waals surface area contributed by atoms with Crippen molar-refractivity contribution < 1.29 is 4.63 Å². The number of nitrogen functional groups attached to an aromatic ring is 1. The standard InChI is InChI=1S/C17H18N6O/c1-3-4-12(21-13(9-18)7-11-5-6-11)8-14-10(2)20-17-16(15(14)19)22-24-23-17/h3-4,11H,1,5-8,19H2,2H3/b12-4-,21-13?.